The molecule has 1 aromatic heterocycles. The third kappa shape index (κ3) is 5.07. The summed E-state index contributed by atoms with van der Waals surface area (Å²) in [6, 6.07) is 18.1. The van der Waals surface area contributed by atoms with Gasteiger partial charge in [0.2, 0.25) is 5.91 Å². The first-order valence-corrected chi connectivity index (χ1v) is 10.3. The van der Waals surface area contributed by atoms with Gasteiger partial charge in [-0.05, 0) is 35.8 Å². The summed E-state index contributed by atoms with van der Waals surface area (Å²) in [7, 11) is 0. The monoisotopic (exact) mass is 424 g/mol. The van der Waals surface area contributed by atoms with Crippen molar-refractivity contribution in [1.82, 2.24) is 5.32 Å². The summed E-state index contributed by atoms with van der Waals surface area (Å²) in [6.07, 6.45) is 0. The van der Waals surface area contributed by atoms with Crippen LogP contribution in [0, 0.1) is 0 Å². The molecule has 0 atom stereocenters. The van der Waals surface area contributed by atoms with Crippen molar-refractivity contribution in [3.05, 3.63) is 65.5 Å². The van der Waals surface area contributed by atoms with E-state index in [9.17, 15) is 9.59 Å². The highest BCUT2D eigenvalue weighted by Crippen LogP contribution is 2.37. The molecule has 0 radical (unpaired) electrons. The van der Waals surface area contributed by atoms with Crippen LogP contribution in [-0.4, -0.2) is 23.6 Å². The zero-order valence-electron chi connectivity index (χ0n) is 16.0. The fourth-order valence-electron chi connectivity index (χ4n) is 2.84. The molecule has 2 aromatic carbocycles. The number of hydrogen-bond donors (Lipinski definition) is 2. The molecule has 0 spiro atoms. The van der Waals surface area contributed by atoms with Gasteiger partial charge in [0.15, 0.2) is 5.11 Å². The molecule has 0 saturated carbocycles. The quantitative estimate of drug-likeness (QED) is 0.441. The fraction of sp³-hybridized carbons (Fsp3) is 0.136. The number of thiophene rings is 1. The molecule has 5 nitrogen and oxygen atoms in total. The van der Waals surface area contributed by atoms with Crippen molar-refractivity contribution in [3.63, 3.8) is 0 Å². The van der Waals surface area contributed by atoms with Gasteiger partial charge < -0.3 is 15.4 Å². The van der Waals surface area contributed by atoms with Crippen LogP contribution in [0.15, 0.2) is 60.0 Å². The zero-order chi connectivity index (χ0) is 20.8. The van der Waals surface area contributed by atoms with E-state index in [0.29, 0.717) is 10.6 Å². The molecular weight excluding hydrogens is 404 g/mol. The van der Waals surface area contributed by atoms with Gasteiger partial charge in [-0.2, -0.15) is 0 Å². The predicted molar refractivity (Wildman–Crippen MR) is 121 cm³/mol. The number of ether oxygens (including phenoxy) is 1. The van der Waals surface area contributed by atoms with Crippen molar-refractivity contribution >= 4 is 45.5 Å². The van der Waals surface area contributed by atoms with Gasteiger partial charge in [0, 0.05) is 17.9 Å². The molecule has 1 heterocycles. The number of rotatable bonds is 5. The average molecular weight is 425 g/mol. The first-order chi connectivity index (χ1) is 14.0. The van der Waals surface area contributed by atoms with Crippen LogP contribution in [0.4, 0.5) is 5.00 Å². The van der Waals surface area contributed by atoms with Crippen molar-refractivity contribution in [2.75, 3.05) is 11.9 Å². The van der Waals surface area contributed by atoms with Crippen molar-refractivity contribution in [3.8, 4) is 22.3 Å². The highest BCUT2D eigenvalue weighted by atomic mass is 32.1. The normalized spacial score (nSPS) is 10.3. The Kier molecular flexibility index (Phi) is 6.74. The summed E-state index contributed by atoms with van der Waals surface area (Å²) in [5.41, 5.74) is 4.26. The number of carbonyl (C=O) groups excluding carboxylic acids is 2. The van der Waals surface area contributed by atoms with Gasteiger partial charge in [-0.1, -0.05) is 54.6 Å². The lowest BCUT2D eigenvalue weighted by Gasteiger charge is -2.10. The topological polar surface area (TPSA) is 67.4 Å². The summed E-state index contributed by atoms with van der Waals surface area (Å²) in [5.74, 6) is -0.725. The Balaban J connectivity index is 1.95. The fourth-order valence-corrected chi connectivity index (χ4v) is 4.11. The molecule has 0 saturated heterocycles. The molecule has 0 aliphatic carbocycles. The number of anilines is 1. The average Bonchev–Trinajstić information content (AvgIpc) is 3.12. The van der Waals surface area contributed by atoms with Crippen molar-refractivity contribution < 1.29 is 14.3 Å². The van der Waals surface area contributed by atoms with Crippen LogP contribution in [0.25, 0.3) is 22.3 Å². The molecule has 3 rings (SSSR count). The molecule has 2 N–H and O–H groups in total. The number of thiocarbonyl (C=S) groups is 1. The Morgan fingerprint density at radius 3 is 2.24 bits per heavy atom. The number of nitrogens with one attached hydrogen (secondary N) is 2. The molecular formula is C22H20N2O3S2. The Morgan fingerprint density at radius 2 is 1.62 bits per heavy atom. The molecule has 0 aliphatic heterocycles. The van der Waals surface area contributed by atoms with Crippen LogP contribution < -0.4 is 10.6 Å². The lowest BCUT2D eigenvalue weighted by molar-refractivity contribution is -0.117. The third-order valence-electron chi connectivity index (χ3n) is 4.09. The standard InChI is InChI=1S/C22H20N2O3S2/c1-3-27-21(26)19-18(13-29-20(19)24-22(28)23-14(2)25)17-11-9-16(10-12-17)15-7-5-4-6-8-15/h4-13H,3H2,1-2H3,(H2,23,24,25,28). The SMILES string of the molecule is CCOC(=O)c1c(-c2ccc(-c3ccccc3)cc2)csc1NC(=S)NC(C)=O. The minimum atomic E-state index is -0.441. The van der Waals surface area contributed by atoms with Gasteiger partial charge >= 0.3 is 5.97 Å². The van der Waals surface area contributed by atoms with Crippen LogP contribution >= 0.6 is 23.6 Å². The highest BCUT2D eigenvalue weighted by molar-refractivity contribution is 7.80. The number of amides is 1. The van der Waals surface area contributed by atoms with Crippen LogP contribution in [0.2, 0.25) is 0 Å². The summed E-state index contributed by atoms with van der Waals surface area (Å²) in [6.45, 7) is 3.39. The van der Waals surface area contributed by atoms with Gasteiger partial charge in [-0.25, -0.2) is 4.79 Å². The molecule has 7 heteroatoms. The second-order valence-corrected chi connectivity index (χ2v) is 7.44. The van der Waals surface area contributed by atoms with Crippen LogP contribution in [-0.2, 0) is 9.53 Å². The molecule has 0 fully saturated rings. The van der Waals surface area contributed by atoms with Crippen molar-refractivity contribution in [2.24, 2.45) is 0 Å². The minimum Gasteiger partial charge on any atom is -0.462 e. The van der Waals surface area contributed by atoms with E-state index in [2.05, 4.69) is 22.8 Å². The van der Waals surface area contributed by atoms with E-state index >= 15 is 0 Å². The van der Waals surface area contributed by atoms with E-state index in [-0.39, 0.29) is 17.6 Å². The summed E-state index contributed by atoms with van der Waals surface area (Å²) in [5, 5.41) is 7.97. The number of hydrogen-bond acceptors (Lipinski definition) is 5. The predicted octanol–water partition coefficient (Wildman–Crippen LogP) is 5.09. The van der Waals surface area contributed by atoms with Crippen LogP contribution in [0.3, 0.4) is 0 Å². The summed E-state index contributed by atoms with van der Waals surface area (Å²) < 4.78 is 5.24. The second kappa shape index (κ2) is 9.45. The lowest BCUT2D eigenvalue weighted by atomic mass is 9.99. The highest BCUT2D eigenvalue weighted by Gasteiger charge is 2.22. The van der Waals surface area contributed by atoms with E-state index in [1.165, 1.54) is 18.3 Å². The summed E-state index contributed by atoms with van der Waals surface area (Å²) in [4.78, 5) is 23.8. The lowest BCUT2D eigenvalue weighted by Crippen LogP contribution is -2.32. The van der Waals surface area contributed by atoms with E-state index in [1.54, 1.807) is 6.92 Å². The van der Waals surface area contributed by atoms with Gasteiger partial charge in [0.1, 0.15) is 10.6 Å². The number of benzene rings is 2. The van der Waals surface area contributed by atoms with Crippen molar-refractivity contribution in [1.29, 1.82) is 0 Å². The smallest absolute Gasteiger partial charge is 0.341 e. The molecule has 0 aliphatic rings. The largest absolute Gasteiger partial charge is 0.462 e. The Hall–Kier alpha value is -3.03. The Bertz CT molecular complexity index is 1030. The maximum Gasteiger partial charge on any atom is 0.341 e. The van der Waals surface area contributed by atoms with Gasteiger partial charge in [0.25, 0.3) is 0 Å². The van der Waals surface area contributed by atoms with Gasteiger partial charge in [0.05, 0.1) is 6.61 Å². The first kappa shape index (κ1) is 20.7. The van der Waals surface area contributed by atoms with Gasteiger partial charge in [-0.15, -0.1) is 11.3 Å². The van der Waals surface area contributed by atoms with Crippen molar-refractivity contribution in [2.45, 2.75) is 13.8 Å². The maximum absolute atomic E-state index is 12.6. The molecule has 1 amide bonds. The third-order valence-corrected chi connectivity index (χ3v) is 5.19. The van der Waals surface area contributed by atoms with Crippen LogP contribution in [0.1, 0.15) is 24.2 Å². The minimum absolute atomic E-state index is 0.135. The zero-order valence-corrected chi connectivity index (χ0v) is 17.7. The Morgan fingerprint density at radius 1 is 1.00 bits per heavy atom. The maximum atomic E-state index is 12.6. The van der Waals surface area contributed by atoms with E-state index in [0.717, 1.165) is 22.3 Å². The van der Waals surface area contributed by atoms with E-state index in [4.69, 9.17) is 17.0 Å². The molecule has 3 aromatic rings. The van der Waals surface area contributed by atoms with E-state index in [1.807, 2.05) is 47.8 Å². The molecule has 148 valence electrons. The molecule has 29 heavy (non-hydrogen) atoms. The molecule has 0 unspecified atom stereocenters. The first-order valence-electron chi connectivity index (χ1n) is 9.02. The number of carbonyl (C=O) groups is 2. The molecule has 0 bridgehead atoms. The summed E-state index contributed by atoms with van der Waals surface area (Å²) >= 11 is 6.46. The Labute approximate surface area is 178 Å². The second-order valence-electron chi connectivity index (χ2n) is 6.15. The van der Waals surface area contributed by atoms with E-state index < -0.39 is 5.97 Å². The number of esters is 1. The van der Waals surface area contributed by atoms with Crippen LogP contribution in [0.5, 0.6) is 0 Å². The van der Waals surface area contributed by atoms with Gasteiger partial charge in [-0.3, -0.25) is 4.79 Å².